The number of benzene rings is 1. The Kier molecular flexibility index (Phi) is 4.66. The molecule has 1 fully saturated rings. The molecule has 1 aromatic rings. The lowest BCUT2D eigenvalue weighted by Crippen LogP contribution is -2.39. The van der Waals surface area contributed by atoms with Crippen molar-refractivity contribution in [2.75, 3.05) is 4.90 Å². The summed E-state index contributed by atoms with van der Waals surface area (Å²) in [5.41, 5.74) is 2.63. The molecule has 0 saturated heterocycles. The van der Waals surface area contributed by atoms with Crippen LogP contribution in [0.4, 0.5) is 5.69 Å². The van der Waals surface area contributed by atoms with E-state index in [-0.39, 0.29) is 23.3 Å². The highest BCUT2D eigenvalue weighted by Gasteiger charge is 2.61. The average Bonchev–Trinajstić information content (AvgIpc) is 2.98. The van der Waals surface area contributed by atoms with Gasteiger partial charge < -0.3 is 4.90 Å². The lowest BCUT2D eigenvalue weighted by atomic mass is 10.1. The molecule has 1 amide bonds. The molecule has 0 aromatic heterocycles. The van der Waals surface area contributed by atoms with Crippen molar-refractivity contribution in [2.45, 2.75) is 47.6 Å². The number of anilines is 1. The Morgan fingerprint density at radius 3 is 2.52 bits per heavy atom. The van der Waals surface area contributed by atoms with Crippen LogP contribution < -0.4 is 4.90 Å². The van der Waals surface area contributed by atoms with Gasteiger partial charge in [-0.15, -0.1) is 0 Å². The van der Waals surface area contributed by atoms with Crippen molar-refractivity contribution in [3.05, 3.63) is 41.5 Å². The first-order valence-corrected chi connectivity index (χ1v) is 8.18. The lowest BCUT2D eigenvalue weighted by Gasteiger charge is -2.28. The van der Waals surface area contributed by atoms with E-state index < -0.39 is 0 Å². The number of nitriles is 1. The zero-order valence-electron chi connectivity index (χ0n) is 14.9. The van der Waals surface area contributed by atoms with Crippen LogP contribution in [0.15, 0.2) is 35.9 Å². The Morgan fingerprint density at radius 2 is 2.00 bits per heavy atom. The molecule has 3 heteroatoms. The van der Waals surface area contributed by atoms with Gasteiger partial charge in [0.1, 0.15) is 0 Å². The molecule has 2 atom stereocenters. The van der Waals surface area contributed by atoms with Crippen molar-refractivity contribution in [3.63, 3.8) is 0 Å². The van der Waals surface area contributed by atoms with Crippen LogP contribution in [0.3, 0.4) is 0 Å². The van der Waals surface area contributed by atoms with Gasteiger partial charge in [0.2, 0.25) is 5.91 Å². The van der Waals surface area contributed by atoms with Crippen LogP contribution in [-0.2, 0) is 4.79 Å². The number of carbonyl (C=O) groups excluding carboxylic acids is 1. The second-order valence-electron chi connectivity index (χ2n) is 7.53. The van der Waals surface area contributed by atoms with Gasteiger partial charge >= 0.3 is 0 Å². The van der Waals surface area contributed by atoms with Crippen LogP contribution in [0.2, 0.25) is 0 Å². The van der Waals surface area contributed by atoms with Crippen LogP contribution in [-0.4, -0.2) is 11.9 Å². The van der Waals surface area contributed by atoms with E-state index in [2.05, 4.69) is 39.8 Å². The van der Waals surface area contributed by atoms with E-state index >= 15 is 0 Å². The van der Waals surface area contributed by atoms with Crippen LogP contribution in [0.5, 0.6) is 0 Å². The molecule has 0 aliphatic heterocycles. The Morgan fingerprint density at radius 1 is 1.35 bits per heavy atom. The van der Waals surface area contributed by atoms with E-state index in [0.29, 0.717) is 11.5 Å². The minimum atomic E-state index is -0.00562. The van der Waals surface area contributed by atoms with Gasteiger partial charge in [-0.05, 0) is 57.2 Å². The van der Waals surface area contributed by atoms with Crippen molar-refractivity contribution < 1.29 is 4.79 Å². The molecule has 23 heavy (non-hydrogen) atoms. The Hall–Kier alpha value is -2.08. The summed E-state index contributed by atoms with van der Waals surface area (Å²) in [5, 5.41) is 9.11. The summed E-state index contributed by atoms with van der Waals surface area (Å²) in [7, 11) is 0. The van der Waals surface area contributed by atoms with E-state index in [4.69, 9.17) is 5.26 Å². The third-order valence-corrected chi connectivity index (χ3v) is 4.70. The normalized spacial score (nSPS) is 21.5. The predicted octanol–water partition coefficient (Wildman–Crippen LogP) is 4.54. The fraction of sp³-hybridized carbons (Fsp3) is 0.500. The second-order valence-corrected chi connectivity index (χ2v) is 7.53. The fourth-order valence-electron chi connectivity index (χ4n) is 3.37. The van der Waals surface area contributed by atoms with Crippen molar-refractivity contribution >= 4 is 11.6 Å². The molecule has 1 aliphatic carbocycles. The summed E-state index contributed by atoms with van der Waals surface area (Å²) >= 11 is 0. The fourth-order valence-corrected chi connectivity index (χ4v) is 3.37. The molecular formula is C20H26N2O. The highest BCUT2D eigenvalue weighted by molar-refractivity contribution is 5.98. The number of nitrogens with zero attached hydrogens (tertiary/aromatic N) is 2. The van der Waals surface area contributed by atoms with Crippen molar-refractivity contribution in [3.8, 4) is 6.07 Å². The van der Waals surface area contributed by atoms with E-state index in [0.717, 1.165) is 5.69 Å². The maximum Gasteiger partial charge on any atom is 0.231 e. The molecule has 0 bridgehead atoms. The monoisotopic (exact) mass is 310 g/mol. The minimum absolute atomic E-state index is 0.00513. The molecule has 0 spiro atoms. The zero-order valence-corrected chi connectivity index (χ0v) is 14.9. The largest absolute Gasteiger partial charge is 0.310 e. The van der Waals surface area contributed by atoms with Crippen molar-refractivity contribution in [2.24, 2.45) is 17.3 Å². The Labute approximate surface area is 139 Å². The maximum absolute atomic E-state index is 13.2. The van der Waals surface area contributed by atoms with Crippen LogP contribution >= 0.6 is 0 Å². The van der Waals surface area contributed by atoms with Gasteiger partial charge in [0, 0.05) is 11.7 Å². The summed E-state index contributed by atoms with van der Waals surface area (Å²) < 4.78 is 0. The first kappa shape index (κ1) is 17.3. The Balaban J connectivity index is 2.34. The minimum Gasteiger partial charge on any atom is -0.310 e. The van der Waals surface area contributed by atoms with E-state index in [1.807, 2.05) is 30.9 Å². The average molecular weight is 310 g/mol. The first-order valence-electron chi connectivity index (χ1n) is 8.18. The number of amides is 1. The molecule has 0 N–H and O–H groups in total. The topological polar surface area (TPSA) is 44.1 Å². The second kappa shape index (κ2) is 6.20. The van der Waals surface area contributed by atoms with Crippen LogP contribution in [0.1, 0.15) is 47.1 Å². The smallest absolute Gasteiger partial charge is 0.231 e. The summed E-state index contributed by atoms with van der Waals surface area (Å²) in [4.78, 5) is 15.0. The number of allylic oxidation sites excluding steroid dienone is 2. The standard InChI is InChI=1S/C20H26N2O/c1-13(2)10-17-18(20(17,5)6)19(23)22(14(3)4)16-9-7-8-15(11-16)12-21/h7-11,14,17-18H,1-6H3. The molecule has 2 unspecified atom stereocenters. The molecule has 1 aliphatic rings. The van der Waals surface area contributed by atoms with Gasteiger partial charge in [-0.3, -0.25) is 4.79 Å². The molecular weight excluding hydrogens is 284 g/mol. The summed E-state index contributed by atoms with van der Waals surface area (Å²) in [6, 6.07) is 9.50. The van der Waals surface area contributed by atoms with Gasteiger partial charge in [-0.25, -0.2) is 0 Å². The third kappa shape index (κ3) is 3.32. The lowest BCUT2D eigenvalue weighted by molar-refractivity contribution is -0.120. The van der Waals surface area contributed by atoms with Crippen molar-refractivity contribution in [1.29, 1.82) is 5.26 Å². The quantitative estimate of drug-likeness (QED) is 0.766. The molecule has 2 rings (SSSR count). The van der Waals surface area contributed by atoms with E-state index in [1.54, 1.807) is 12.1 Å². The first-order chi connectivity index (χ1) is 10.7. The predicted molar refractivity (Wildman–Crippen MR) is 94.0 cm³/mol. The van der Waals surface area contributed by atoms with Gasteiger partial charge in [0.15, 0.2) is 0 Å². The Bertz CT molecular complexity index is 675. The number of rotatable bonds is 4. The van der Waals surface area contributed by atoms with E-state index in [9.17, 15) is 4.79 Å². The highest BCUT2D eigenvalue weighted by Crippen LogP contribution is 2.60. The van der Waals surface area contributed by atoms with Gasteiger partial charge in [-0.1, -0.05) is 31.6 Å². The van der Waals surface area contributed by atoms with Crippen LogP contribution in [0.25, 0.3) is 0 Å². The summed E-state index contributed by atoms with van der Waals surface area (Å²) in [5.74, 6) is 0.452. The summed E-state index contributed by atoms with van der Waals surface area (Å²) in [6.07, 6.45) is 2.22. The zero-order chi connectivity index (χ0) is 17.4. The molecule has 1 aromatic carbocycles. The molecule has 0 heterocycles. The van der Waals surface area contributed by atoms with Gasteiger partial charge in [0.25, 0.3) is 0 Å². The third-order valence-electron chi connectivity index (χ3n) is 4.70. The molecule has 0 radical (unpaired) electrons. The van der Waals surface area contributed by atoms with Crippen molar-refractivity contribution in [1.82, 2.24) is 0 Å². The van der Waals surface area contributed by atoms with Crippen LogP contribution in [0, 0.1) is 28.6 Å². The molecule has 3 nitrogen and oxygen atoms in total. The number of hydrogen-bond donors (Lipinski definition) is 0. The van der Waals surface area contributed by atoms with Gasteiger partial charge in [0.05, 0.1) is 17.6 Å². The van der Waals surface area contributed by atoms with Gasteiger partial charge in [-0.2, -0.15) is 5.26 Å². The summed E-state index contributed by atoms with van der Waals surface area (Å²) in [6.45, 7) is 12.5. The molecule has 1 saturated carbocycles. The number of carbonyl (C=O) groups is 1. The number of hydrogen-bond acceptors (Lipinski definition) is 2. The maximum atomic E-state index is 13.2. The molecule has 122 valence electrons. The SMILES string of the molecule is CC(C)=CC1C(C(=O)N(c2cccc(C#N)c2)C(C)C)C1(C)C. The van der Waals surface area contributed by atoms with E-state index in [1.165, 1.54) is 5.57 Å². The highest BCUT2D eigenvalue weighted by atomic mass is 16.2.